The maximum atomic E-state index is 13.2. The number of hydrogen-bond acceptors (Lipinski definition) is 2. The van der Waals surface area contributed by atoms with Gasteiger partial charge in [-0.3, -0.25) is 0 Å². The van der Waals surface area contributed by atoms with Crippen LogP contribution in [0.1, 0.15) is 99.8 Å². The van der Waals surface area contributed by atoms with Crippen LogP contribution in [0.4, 0.5) is 13.2 Å². The summed E-state index contributed by atoms with van der Waals surface area (Å²) >= 11 is 0. The lowest BCUT2D eigenvalue weighted by Gasteiger charge is -2.58. The summed E-state index contributed by atoms with van der Waals surface area (Å²) in [5.74, 6) is 0.742. The van der Waals surface area contributed by atoms with E-state index in [9.17, 15) is 23.4 Å². The van der Waals surface area contributed by atoms with Gasteiger partial charge in [0.05, 0.1) is 6.10 Å². The van der Waals surface area contributed by atoms with Crippen LogP contribution in [-0.4, -0.2) is 28.6 Å². The van der Waals surface area contributed by atoms with Crippen LogP contribution in [0, 0.1) is 40.4 Å². The van der Waals surface area contributed by atoms with E-state index in [1.807, 2.05) is 27.7 Å². The zero-order valence-corrected chi connectivity index (χ0v) is 21.3. The van der Waals surface area contributed by atoms with Crippen LogP contribution in [0.2, 0.25) is 0 Å². The molecule has 4 aliphatic carbocycles. The molecule has 0 bridgehead atoms. The first-order valence-electron chi connectivity index (χ1n) is 13.1. The first-order chi connectivity index (χ1) is 15.0. The number of rotatable bonds is 2. The average molecular weight is 461 g/mol. The fourth-order valence-electron chi connectivity index (χ4n) is 8.06. The van der Waals surface area contributed by atoms with Crippen LogP contribution in [0.3, 0.4) is 0 Å². The van der Waals surface area contributed by atoms with Gasteiger partial charge in [0.1, 0.15) is 0 Å². The third-order valence-corrected chi connectivity index (χ3v) is 9.62. The average Bonchev–Trinajstić information content (AvgIpc) is 3.12. The molecule has 0 aliphatic heterocycles. The van der Waals surface area contributed by atoms with Gasteiger partial charge in [0, 0.05) is 0 Å². The number of alkyl halides is 3. The largest absolute Gasteiger partial charge is 0.414 e. The van der Waals surface area contributed by atoms with Gasteiger partial charge >= 0.3 is 6.18 Å². The van der Waals surface area contributed by atoms with Gasteiger partial charge in [-0.15, -0.1) is 0 Å². The molecule has 0 spiro atoms. The Morgan fingerprint density at radius 3 is 2.19 bits per heavy atom. The van der Waals surface area contributed by atoms with Crippen molar-refractivity contribution >= 4 is 0 Å². The van der Waals surface area contributed by atoms with Gasteiger partial charge in [0.25, 0.3) is 0 Å². The van der Waals surface area contributed by atoms with Crippen molar-refractivity contribution in [2.75, 3.05) is 0 Å². The predicted molar refractivity (Wildman–Crippen MR) is 125 cm³/mol. The Morgan fingerprint density at radius 2 is 1.59 bits per heavy atom. The Kier molecular flexibility index (Phi) is 8.98. The standard InChI is InChI=1S/C23H35F3O2.2C2H6/c1-13(20(28)23(24,25)26)17-6-7-18-16-5-4-14-12-15(27)8-10-21(14,2)19(16)9-11-22(17,18)3;2*1-2/h4,13,15-20,27-28H,5-12H2,1-3H3;2*1-2H3/t13-,15?,16?,17?,18?,19?,20?,21?,22?;;/m0../s1. The van der Waals surface area contributed by atoms with E-state index in [-0.39, 0.29) is 22.9 Å². The quantitative estimate of drug-likeness (QED) is 0.418. The Bertz CT molecular complexity index is 645. The van der Waals surface area contributed by atoms with Gasteiger partial charge in [0.2, 0.25) is 0 Å². The Hall–Kier alpha value is -0.550. The summed E-state index contributed by atoms with van der Waals surface area (Å²) in [5, 5.41) is 20.0. The van der Waals surface area contributed by atoms with Crippen LogP contribution < -0.4 is 0 Å². The fraction of sp³-hybridized carbons (Fsp3) is 0.926. The number of hydrogen-bond donors (Lipinski definition) is 2. The first kappa shape index (κ1) is 27.7. The minimum Gasteiger partial charge on any atom is -0.393 e. The van der Waals surface area contributed by atoms with Crippen LogP contribution in [-0.2, 0) is 0 Å². The summed E-state index contributed by atoms with van der Waals surface area (Å²) in [4.78, 5) is 0. The molecule has 0 aromatic heterocycles. The monoisotopic (exact) mass is 460 g/mol. The van der Waals surface area contributed by atoms with Gasteiger partial charge < -0.3 is 10.2 Å². The summed E-state index contributed by atoms with van der Waals surface area (Å²) in [5.41, 5.74) is 1.47. The first-order valence-corrected chi connectivity index (χ1v) is 13.1. The Balaban J connectivity index is 0.000000860. The highest BCUT2D eigenvalue weighted by molar-refractivity contribution is 5.25. The smallest absolute Gasteiger partial charge is 0.393 e. The van der Waals surface area contributed by atoms with Crippen molar-refractivity contribution in [2.24, 2.45) is 40.4 Å². The number of allylic oxidation sites excluding steroid dienone is 1. The van der Waals surface area contributed by atoms with Gasteiger partial charge in [-0.05, 0) is 91.8 Å². The minimum atomic E-state index is -4.54. The van der Waals surface area contributed by atoms with E-state index in [1.54, 1.807) is 6.92 Å². The van der Waals surface area contributed by atoms with E-state index in [1.165, 1.54) is 5.57 Å². The maximum absolute atomic E-state index is 13.2. The highest BCUT2D eigenvalue weighted by Crippen LogP contribution is 2.67. The maximum Gasteiger partial charge on any atom is 0.414 e. The fourth-order valence-corrected chi connectivity index (χ4v) is 8.06. The molecule has 4 rings (SSSR count). The normalized spacial score (nSPS) is 42.5. The number of aliphatic hydroxyl groups excluding tert-OH is 2. The van der Waals surface area contributed by atoms with Crippen molar-refractivity contribution < 1.29 is 23.4 Å². The van der Waals surface area contributed by atoms with Crippen molar-refractivity contribution in [3.05, 3.63) is 11.6 Å². The van der Waals surface area contributed by atoms with Crippen LogP contribution in [0.15, 0.2) is 11.6 Å². The van der Waals surface area contributed by atoms with Gasteiger partial charge in [-0.2, -0.15) is 13.2 Å². The second-order valence-corrected chi connectivity index (χ2v) is 10.7. The van der Waals surface area contributed by atoms with E-state index in [0.717, 1.165) is 51.4 Å². The number of halogens is 3. The molecular formula is C27H47F3O2. The predicted octanol–water partition coefficient (Wildman–Crippen LogP) is 7.54. The van der Waals surface area contributed by atoms with Crippen molar-refractivity contribution in [1.29, 1.82) is 0 Å². The van der Waals surface area contributed by atoms with Crippen molar-refractivity contribution in [2.45, 2.75) is 118 Å². The molecule has 0 saturated heterocycles. The van der Waals surface area contributed by atoms with Crippen LogP contribution in [0.25, 0.3) is 0 Å². The lowest BCUT2D eigenvalue weighted by atomic mass is 9.47. The highest BCUT2D eigenvalue weighted by atomic mass is 19.4. The summed E-state index contributed by atoms with van der Waals surface area (Å²) in [6.45, 7) is 14.2. The summed E-state index contributed by atoms with van der Waals surface area (Å²) < 4.78 is 39.5. The molecule has 5 heteroatoms. The van der Waals surface area contributed by atoms with E-state index < -0.39 is 18.2 Å². The van der Waals surface area contributed by atoms with Crippen LogP contribution >= 0.6 is 0 Å². The summed E-state index contributed by atoms with van der Waals surface area (Å²) in [6.07, 6.45) is 2.87. The lowest BCUT2D eigenvalue weighted by molar-refractivity contribution is -0.227. The molecule has 0 radical (unpaired) electrons. The van der Waals surface area contributed by atoms with E-state index in [0.29, 0.717) is 17.8 Å². The molecule has 0 heterocycles. The van der Waals surface area contributed by atoms with E-state index in [2.05, 4.69) is 19.9 Å². The molecule has 32 heavy (non-hydrogen) atoms. The molecule has 0 aromatic rings. The second-order valence-electron chi connectivity index (χ2n) is 10.7. The molecule has 2 N–H and O–H groups in total. The molecule has 2 nitrogen and oxygen atoms in total. The van der Waals surface area contributed by atoms with E-state index >= 15 is 0 Å². The molecule has 8 unspecified atom stereocenters. The van der Waals surface area contributed by atoms with Crippen molar-refractivity contribution in [1.82, 2.24) is 0 Å². The summed E-state index contributed by atoms with van der Waals surface area (Å²) in [6, 6.07) is 0. The minimum absolute atomic E-state index is 0.0681. The SMILES string of the molecule is CC.CC.C[C@H](C(O)C(F)(F)F)C1CCC2C3CC=C4CC(O)CCC4(C)C3CCC21C. The number of fused-ring (bicyclic) bond motifs is 5. The molecular weight excluding hydrogens is 413 g/mol. The topological polar surface area (TPSA) is 40.5 Å². The van der Waals surface area contributed by atoms with Gasteiger partial charge in [-0.1, -0.05) is 60.1 Å². The van der Waals surface area contributed by atoms with E-state index in [4.69, 9.17) is 0 Å². The van der Waals surface area contributed by atoms with Gasteiger partial charge in [-0.25, -0.2) is 0 Å². The molecule has 3 fully saturated rings. The molecule has 0 amide bonds. The third-order valence-electron chi connectivity index (χ3n) is 9.62. The Morgan fingerprint density at radius 1 is 0.969 bits per heavy atom. The second kappa shape index (κ2) is 10.4. The van der Waals surface area contributed by atoms with Crippen molar-refractivity contribution in [3.8, 4) is 0 Å². The zero-order valence-electron chi connectivity index (χ0n) is 21.3. The molecule has 3 saturated carbocycles. The Labute approximate surface area is 194 Å². The molecule has 4 aliphatic rings. The van der Waals surface area contributed by atoms with Gasteiger partial charge in [0.15, 0.2) is 6.10 Å². The zero-order chi connectivity index (χ0) is 24.5. The third kappa shape index (κ3) is 4.67. The number of aliphatic hydroxyl groups is 2. The molecule has 9 atom stereocenters. The molecule has 188 valence electrons. The summed E-state index contributed by atoms with van der Waals surface area (Å²) in [7, 11) is 0. The van der Waals surface area contributed by atoms with Crippen molar-refractivity contribution in [3.63, 3.8) is 0 Å². The lowest BCUT2D eigenvalue weighted by Crippen LogP contribution is -2.52. The highest BCUT2D eigenvalue weighted by Gasteiger charge is 2.60. The molecule has 0 aromatic carbocycles. The van der Waals surface area contributed by atoms with Crippen LogP contribution in [0.5, 0.6) is 0 Å².